The van der Waals surface area contributed by atoms with Crippen molar-refractivity contribution in [2.24, 2.45) is 11.7 Å². The molecule has 1 rings (SSSR count). The van der Waals surface area contributed by atoms with Gasteiger partial charge in [0.05, 0.1) is 0 Å². The second-order valence-electron chi connectivity index (χ2n) is 4.54. The van der Waals surface area contributed by atoms with E-state index in [1.54, 1.807) is 0 Å². The Bertz CT molecular complexity index is 118. The Balaban J connectivity index is 2.38. The summed E-state index contributed by atoms with van der Waals surface area (Å²) in [6, 6.07) is 0. The molecule has 1 fully saturated rings. The summed E-state index contributed by atoms with van der Waals surface area (Å²) >= 11 is 0. The van der Waals surface area contributed by atoms with Crippen molar-refractivity contribution in [3.8, 4) is 0 Å². The van der Waals surface area contributed by atoms with Crippen molar-refractivity contribution in [3.05, 3.63) is 0 Å². The average molecular weight is 155 g/mol. The molecule has 0 aromatic rings. The van der Waals surface area contributed by atoms with E-state index < -0.39 is 0 Å². The molecule has 0 aromatic carbocycles. The molecule has 0 bridgehead atoms. The molecular formula is C10H21N. The minimum absolute atomic E-state index is 0.134. The van der Waals surface area contributed by atoms with Crippen LogP contribution in [0.2, 0.25) is 0 Å². The highest BCUT2D eigenvalue weighted by Gasteiger charge is 2.20. The number of hydrogen-bond acceptors (Lipinski definition) is 1. The fourth-order valence-electron chi connectivity index (χ4n) is 1.87. The molecule has 1 aliphatic carbocycles. The van der Waals surface area contributed by atoms with Gasteiger partial charge in [0, 0.05) is 5.54 Å². The van der Waals surface area contributed by atoms with Crippen molar-refractivity contribution < 1.29 is 0 Å². The standard InChI is InChI=1S/C10H21N/c1-9-5-3-4-7-10(2,11)8-6-9/h9H,3-8,11H2,1-2H3/t9-,10?/m1/s1. The first-order chi connectivity index (χ1) is 5.10. The van der Waals surface area contributed by atoms with Crippen LogP contribution in [0.4, 0.5) is 0 Å². The van der Waals surface area contributed by atoms with Gasteiger partial charge in [-0.3, -0.25) is 0 Å². The summed E-state index contributed by atoms with van der Waals surface area (Å²) in [5.74, 6) is 0.901. The zero-order chi connectivity index (χ0) is 8.32. The molecule has 0 amide bonds. The van der Waals surface area contributed by atoms with Crippen molar-refractivity contribution >= 4 is 0 Å². The minimum atomic E-state index is 0.134. The van der Waals surface area contributed by atoms with Crippen LogP contribution in [-0.2, 0) is 0 Å². The highest BCUT2D eigenvalue weighted by molar-refractivity contribution is 4.80. The quantitative estimate of drug-likeness (QED) is 0.572. The molecule has 0 heterocycles. The van der Waals surface area contributed by atoms with E-state index in [0.29, 0.717) is 0 Å². The maximum absolute atomic E-state index is 6.11. The predicted octanol–water partition coefficient (Wildman–Crippen LogP) is 2.69. The fraction of sp³-hybridized carbons (Fsp3) is 1.00. The number of hydrogen-bond donors (Lipinski definition) is 1. The Morgan fingerprint density at radius 1 is 1.18 bits per heavy atom. The van der Waals surface area contributed by atoms with Crippen LogP contribution >= 0.6 is 0 Å². The van der Waals surface area contributed by atoms with Crippen LogP contribution in [0.25, 0.3) is 0 Å². The van der Waals surface area contributed by atoms with Crippen LogP contribution in [0.3, 0.4) is 0 Å². The molecule has 1 saturated carbocycles. The molecule has 1 heteroatoms. The van der Waals surface area contributed by atoms with Gasteiger partial charge in [0.2, 0.25) is 0 Å². The van der Waals surface area contributed by atoms with E-state index in [2.05, 4.69) is 13.8 Å². The molecule has 0 spiro atoms. The first-order valence-corrected chi connectivity index (χ1v) is 4.89. The van der Waals surface area contributed by atoms with Crippen molar-refractivity contribution in [1.29, 1.82) is 0 Å². The summed E-state index contributed by atoms with van der Waals surface area (Å²) in [4.78, 5) is 0. The average Bonchev–Trinajstić information content (AvgIpc) is 1.92. The van der Waals surface area contributed by atoms with Crippen molar-refractivity contribution in [3.63, 3.8) is 0 Å². The molecule has 0 aromatic heterocycles. The lowest BCUT2D eigenvalue weighted by Gasteiger charge is -2.28. The van der Waals surface area contributed by atoms with Gasteiger partial charge >= 0.3 is 0 Å². The summed E-state index contributed by atoms with van der Waals surface area (Å²) in [7, 11) is 0. The molecule has 0 radical (unpaired) electrons. The van der Waals surface area contributed by atoms with Crippen molar-refractivity contribution in [2.75, 3.05) is 0 Å². The Labute approximate surface area is 70.4 Å². The largest absolute Gasteiger partial charge is 0.325 e. The van der Waals surface area contributed by atoms with Gasteiger partial charge in [0.1, 0.15) is 0 Å². The highest BCUT2D eigenvalue weighted by atomic mass is 14.7. The summed E-state index contributed by atoms with van der Waals surface area (Å²) in [6.07, 6.45) is 7.89. The smallest absolute Gasteiger partial charge is 0.0126 e. The third-order valence-corrected chi connectivity index (χ3v) is 2.90. The number of rotatable bonds is 0. The van der Waals surface area contributed by atoms with Crippen LogP contribution < -0.4 is 5.73 Å². The van der Waals surface area contributed by atoms with E-state index >= 15 is 0 Å². The van der Waals surface area contributed by atoms with Crippen LogP contribution in [0.5, 0.6) is 0 Å². The molecule has 2 N–H and O–H groups in total. The number of nitrogens with two attached hydrogens (primary N) is 1. The molecule has 1 unspecified atom stereocenters. The lowest BCUT2D eigenvalue weighted by molar-refractivity contribution is 0.301. The zero-order valence-corrected chi connectivity index (χ0v) is 7.90. The zero-order valence-electron chi connectivity index (χ0n) is 7.90. The van der Waals surface area contributed by atoms with E-state index in [1.807, 2.05) is 0 Å². The van der Waals surface area contributed by atoms with Crippen molar-refractivity contribution in [1.82, 2.24) is 0 Å². The topological polar surface area (TPSA) is 26.0 Å². The maximum Gasteiger partial charge on any atom is 0.0126 e. The van der Waals surface area contributed by atoms with E-state index in [4.69, 9.17) is 5.73 Å². The van der Waals surface area contributed by atoms with Gasteiger partial charge in [0.15, 0.2) is 0 Å². The van der Waals surface area contributed by atoms with Gasteiger partial charge in [0.25, 0.3) is 0 Å². The third-order valence-electron chi connectivity index (χ3n) is 2.90. The molecule has 1 aliphatic rings. The monoisotopic (exact) mass is 155 g/mol. The lowest BCUT2D eigenvalue weighted by Crippen LogP contribution is -2.37. The summed E-state index contributed by atoms with van der Waals surface area (Å²) in [5, 5.41) is 0. The molecule has 11 heavy (non-hydrogen) atoms. The van der Waals surface area contributed by atoms with Gasteiger partial charge in [-0.2, -0.15) is 0 Å². The van der Waals surface area contributed by atoms with E-state index in [-0.39, 0.29) is 5.54 Å². The second-order valence-corrected chi connectivity index (χ2v) is 4.54. The highest BCUT2D eigenvalue weighted by Crippen LogP contribution is 2.26. The third kappa shape index (κ3) is 3.24. The Morgan fingerprint density at radius 3 is 2.64 bits per heavy atom. The molecular weight excluding hydrogens is 134 g/mol. The maximum atomic E-state index is 6.11. The van der Waals surface area contributed by atoms with E-state index in [9.17, 15) is 0 Å². The van der Waals surface area contributed by atoms with Gasteiger partial charge in [-0.25, -0.2) is 0 Å². The lowest BCUT2D eigenvalue weighted by atomic mass is 9.83. The second kappa shape index (κ2) is 3.57. The molecule has 1 nitrogen and oxygen atoms in total. The minimum Gasteiger partial charge on any atom is -0.325 e. The Hall–Kier alpha value is -0.0400. The SMILES string of the molecule is C[C@@H]1CCCCC(C)(N)CC1. The first-order valence-electron chi connectivity index (χ1n) is 4.89. The van der Waals surface area contributed by atoms with Gasteiger partial charge in [-0.1, -0.05) is 26.2 Å². The van der Waals surface area contributed by atoms with Crippen molar-refractivity contribution in [2.45, 2.75) is 57.9 Å². The summed E-state index contributed by atoms with van der Waals surface area (Å²) in [6.45, 7) is 4.55. The normalized spacial score (nSPS) is 41.2. The fourth-order valence-corrected chi connectivity index (χ4v) is 1.87. The molecule has 0 aliphatic heterocycles. The van der Waals surface area contributed by atoms with Gasteiger partial charge < -0.3 is 5.73 Å². The van der Waals surface area contributed by atoms with Gasteiger partial charge in [-0.15, -0.1) is 0 Å². The van der Waals surface area contributed by atoms with Crippen LogP contribution in [0, 0.1) is 5.92 Å². The van der Waals surface area contributed by atoms with Gasteiger partial charge in [-0.05, 0) is 32.1 Å². The molecule has 66 valence electrons. The van der Waals surface area contributed by atoms with Crippen LogP contribution in [0.1, 0.15) is 52.4 Å². The predicted molar refractivity (Wildman–Crippen MR) is 49.5 cm³/mol. The van der Waals surface area contributed by atoms with Crippen LogP contribution in [0.15, 0.2) is 0 Å². The molecule has 0 saturated heterocycles. The van der Waals surface area contributed by atoms with E-state index in [1.165, 1.54) is 38.5 Å². The summed E-state index contributed by atoms with van der Waals surface area (Å²) < 4.78 is 0. The first kappa shape index (κ1) is 9.05. The van der Waals surface area contributed by atoms with E-state index in [0.717, 1.165) is 5.92 Å². The van der Waals surface area contributed by atoms with Crippen LogP contribution in [-0.4, -0.2) is 5.54 Å². The summed E-state index contributed by atoms with van der Waals surface area (Å²) in [5.41, 5.74) is 6.24. The molecule has 2 atom stereocenters. The Kier molecular flexibility index (Phi) is 2.94. The Morgan fingerprint density at radius 2 is 1.91 bits per heavy atom.